The van der Waals surface area contributed by atoms with E-state index < -0.39 is 28.6 Å². The third-order valence-corrected chi connectivity index (χ3v) is 5.36. The molecule has 1 saturated carbocycles. The van der Waals surface area contributed by atoms with Gasteiger partial charge in [-0.25, -0.2) is 8.42 Å². The molecular formula is C16H22N2O5S. The second-order valence-corrected chi connectivity index (χ2v) is 7.67. The van der Waals surface area contributed by atoms with Gasteiger partial charge in [-0.3, -0.25) is 9.59 Å². The minimum Gasteiger partial charge on any atom is -0.454 e. The summed E-state index contributed by atoms with van der Waals surface area (Å²) in [5.41, 5.74) is 0. The first-order valence-electron chi connectivity index (χ1n) is 7.83. The molecule has 0 heterocycles. The highest BCUT2D eigenvalue weighted by Gasteiger charge is 2.29. The third-order valence-electron chi connectivity index (χ3n) is 3.80. The van der Waals surface area contributed by atoms with Gasteiger partial charge in [0.1, 0.15) is 6.04 Å². The SMILES string of the molecule is CC(NC(=O)COC(=O)[C@H](C)NS(=O)(=O)c1ccccc1)C1CC1. The molecule has 1 amide bonds. The monoisotopic (exact) mass is 354 g/mol. The van der Waals surface area contributed by atoms with E-state index in [1.165, 1.54) is 19.1 Å². The van der Waals surface area contributed by atoms with Gasteiger partial charge in [-0.1, -0.05) is 18.2 Å². The smallest absolute Gasteiger partial charge is 0.324 e. The Morgan fingerprint density at radius 3 is 2.42 bits per heavy atom. The van der Waals surface area contributed by atoms with Gasteiger partial charge in [0.05, 0.1) is 4.90 Å². The maximum atomic E-state index is 12.1. The maximum absolute atomic E-state index is 12.1. The predicted octanol–water partition coefficient (Wildman–Crippen LogP) is 0.811. The highest BCUT2D eigenvalue weighted by Crippen LogP contribution is 2.32. The van der Waals surface area contributed by atoms with Gasteiger partial charge < -0.3 is 10.1 Å². The Morgan fingerprint density at radius 1 is 1.21 bits per heavy atom. The summed E-state index contributed by atoms with van der Waals surface area (Å²) in [6.07, 6.45) is 2.19. The van der Waals surface area contributed by atoms with Gasteiger partial charge in [0.2, 0.25) is 10.0 Å². The number of amides is 1. The van der Waals surface area contributed by atoms with Crippen LogP contribution in [0.15, 0.2) is 35.2 Å². The van der Waals surface area contributed by atoms with Crippen molar-refractivity contribution in [2.45, 2.75) is 43.7 Å². The fourth-order valence-corrected chi connectivity index (χ4v) is 3.43. The second kappa shape index (κ2) is 7.76. The number of ether oxygens (including phenoxy) is 1. The van der Waals surface area contributed by atoms with Crippen LogP contribution in [-0.4, -0.2) is 39.0 Å². The van der Waals surface area contributed by atoms with Gasteiger partial charge in [0.15, 0.2) is 6.61 Å². The zero-order chi connectivity index (χ0) is 17.7. The summed E-state index contributed by atoms with van der Waals surface area (Å²) < 4.78 is 31.3. The lowest BCUT2D eigenvalue weighted by Crippen LogP contribution is -2.42. The van der Waals surface area contributed by atoms with Crippen molar-refractivity contribution in [1.82, 2.24) is 10.0 Å². The standard InChI is InChI=1S/C16H22N2O5S/c1-11(13-8-9-13)17-15(19)10-23-16(20)12(2)18-24(21,22)14-6-4-3-5-7-14/h3-7,11-13,18H,8-10H2,1-2H3,(H,17,19)/t11?,12-/m0/s1. The van der Waals surface area contributed by atoms with Crippen LogP contribution in [0.2, 0.25) is 0 Å². The molecule has 1 aliphatic rings. The minimum absolute atomic E-state index is 0.0562. The van der Waals surface area contributed by atoms with Crippen LogP contribution in [0.25, 0.3) is 0 Å². The van der Waals surface area contributed by atoms with Crippen LogP contribution in [0.1, 0.15) is 26.7 Å². The van der Waals surface area contributed by atoms with Crippen molar-refractivity contribution in [3.8, 4) is 0 Å². The average Bonchev–Trinajstić information content (AvgIpc) is 3.38. The molecule has 2 N–H and O–H groups in total. The fraction of sp³-hybridized carbons (Fsp3) is 0.500. The van der Waals surface area contributed by atoms with Crippen molar-refractivity contribution in [2.75, 3.05) is 6.61 Å². The van der Waals surface area contributed by atoms with Gasteiger partial charge in [-0.2, -0.15) is 4.72 Å². The number of hydrogen-bond acceptors (Lipinski definition) is 5. The van der Waals surface area contributed by atoms with Crippen LogP contribution in [0.5, 0.6) is 0 Å². The number of benzene rings is 1. The summed E-state index contributed by atoms with van der Waals surface area (Å²) in [6.45, 7) is 2.86. The minimum atomic E-state index is -3.82. The molecule has 0 spiro atoms. The quantitative estimate of drug-likeness (QED) is 0.673. The Morgan fingerprint density at radius 2 is 1.83 bits per heavy atom. The predicted molar refractivity (Wildman–Crippen MR) is 87.5 cm³/mol. The van der Waals surface area contributed by atoms with Crippen LogP contribution in [-0.2, 0) is 24.3 Å². The summed E-state index contributed by atoms with van der Waals surface area (Å²) in [6, 6.07) is 6.68. The van der Waals surface area contributed by atoms with Gasteiger partial charge in [-0.05, 0) is 44.7 Å². The molecule has 1 fully saturated rings. The molecule has 0 radical (unpaired) electrons. The molecule has 0 saturated heterocycles. The summed E-state index contributed by atoms with van der Waals surface area (Å²) in [7, 11) is -3.82. The van der Waals surface area contributed by atoms with Crippen molar-refractivity contribution >= 4 is 21.9 Å². The Hall–Kier alpha value is -1.93. The molecule has 0 aliphatic heterocycles. The molecule has 0 aromatic heterocycles. The molecule has 1 aliphatic carbocycles. The highest BCUT2D eigenvalue weighted by molar-refractivity contribution is 7.89. The summed E-state index contributed by atoms with van der Waals surface area (Å²) in [5, 5.41) is 2.76. The Balaban J connectivity index is 1.80. The molecule has 132 valence electrons. The number of carbonyl (C=O) groups excluding carboxylic acids is 2. The number of carbonyl (C=O) groups is 2. The van der Waals surface area contributed by atoms with Gasteiger partial charge >= 0.3 is 5.97 Å². The summed E-state index contributed by atoms with van der Waals surface area (Å²) in [5.74, 6) is -0.689. The van der Waals surface area contributed by atoms with E-state index in [0.717, 1.165) is 12.8 Å². The zero-order valence-electron chi connectivity index (χ0n) is 13.7. The fourth-order valence-electron chi connectivity index (χ4n) is 2.22. The van der Waals surface area contributed by atoms with E-state index in [2.05, 4.69) is 10.0 Å². The van der Waals surface area contributed by atoms with Gasteiger partial charge in [-0.15, -0.1) is 0 Å². The first-order valence-corrected chi connectivity index (χ1v) is 9.31. The first kappa shape index (κ1) is 18.4. The number of hydrogen-bond donors (Lipinski definition) is 2. The van der Waals surface area contributed by atoms with Crippen LogP contribution in [0.3, 0.4) is 0 Å². The molecule has 24 heavy (non-hydrogen) atoms. The van der Waals surface area contributed by atoms with Crippen molar-refractivity contribution in [2.24, 2.45) is 5.92 Å². The molecule has 8 heteroatoms. The number of nitrogens with one attached hydrogen (secondary N) is 2. The molecule has 2 rings (SSSR count). The molecule has 1 aromatic carbocycles. The van der Waals surface area contributed by atoms with E-state index in [0.29, 0.717) is 5.92 Å². The normalized spacial score (nSPS) is 16.9. The van der Waals surface area contributed by atoms with Crippen LogP contribution in [0, 0.1) is 5.92 Å². The molecule has 7 nitrogen and oxygen atoms in total. The van der Waals surface area contributed by atoms with Gasteiger partial charge in [0.25, 0.3) is 5.91 Å². The maximum Gasteiger partial charge on any atom is 0.324 e. The van der Waals surface area contributed by atoms with E-state index in [9.17, 15) is 18.0 Å². The number of esters is 1. The van der Waals surface area contributed by atoms with Crippen molar-refractivity contribution in [1.29, 1.82) is 0 Å². The molecule has 1 aromatic rings. The van der Waals surface area contributed by atoms with Gasteiger partial charge in [0, 0.05) is 6.04 Å². The lowest BCUT2D eigenvalue weighted by Gasteiger charge is -2.15. The van der Waals surface area contributed by atoms with Crippen LogP contribution >= 0.6 is 0 Å². The lowest BCUT2D eigenvalue weighted by molar-refractivity contribution is -0.150. The Kier molecular flexibility index (Phi) is 5.95. The van der Waals surface area contributed by atoms with Crippen LogP contribution < -0.4 is 10.0 Å². The third kappa shape index (κ3) is 5.31. The Bertz CT molecular complexity index is 686. The van der Waals surface area contributed by atoms with Crippen LogP contribution in [0.4, 0.5) is 0 Å². The molecule has 1 unspecified atom stereocenters. The number of rotatable bonds is 8. The highest BCUT2D eigenvalue weighted by atomic mass is 32.2. The van der Waals surface area contributed by atoms with E-state index in [1.54, 1.807) is 18.2 Å². The summed E-state index contributed by atoms with van der Waals surface area (Å²) >= 11 is 0. The largest absolute Gasteiger partial charge is 0.454 e. The number of sulfonamides is 1. The van der Waals surface area contributed by atoms with E-state index >= 15 is 0 Å². The molecule has 2 atom stereocenters. The lowest BCUT2D eigenvalue weighted by atomic mass is 10.2. The van der Waals surface area contributed by atoms with Crippen molar-refractivity contribution in [3.05, 3.63) is 30.3 Å². The summed E-state index contributed by atoms with van der Waals surface area (Å²) in [4.78, 5) is 23.6. The second-order valence-electron chi connectivity index (χ2n) is 5.96. The molecular weight excluding hydrogens is 332 g/mol. The van der Waals surface area contributed by atoms with Crippen molar-refractivity contribution < 1.29 is 22.7 Å². The first-order chi connectivity index (χ1) is 11.3. The molecule has 0 bridgehead atoms. The van der Waals surface area contributed by atoms with E-state index in [1.807, 2.05) is 6.92 Å². The average molecular weight is 354 g/mol. The Labute approximate surface area is 141 Å². The van der Waals surface area contributed by atoms with E-state index in [4.69, 9.17) is 4.74 Å². The topological polar surface area (TPSA) is 102 Å². The van der Waals surface area contributed by atoms with E-state index in [-0.39, 0.29) is 16.8 Å². The van der Waals surface area contributed by atoms with Crippen molar-refractivity contribution in [3.63, 3.8) is 0 Å². The zero-order valence-corrected chi connectivity index (χ0v) is 14.5.